The summed E-state index contributed by atoms with van der Waals surface area (Å²) in [7, 11) is -4.01. The van der Waals surface area contributed by atoms with E-state index in [2.05, 4.69) is 4.72 Å². The summed E-state index contributed by atoms with van der Waals surface area (Å²) in [6.07, 6.45) is 0.385. The maximum absolute atomic E-state index is 12.0. The maximum atomic E-state index is 12.0. The van der Waals surface area contributed by atoms with Crippen LogP contribution in [0.25, 0.3) is 0 Å². The summed E-state index contributed by atoms with van der Waals surface area (Å²) in [6, 6.07) is 4.41. The number of nitrogens with one attached hydrogen (secondary N) is 1. The minimum atomic E-state index is -4.01. The van der Waals surface area contributed by atoms with Gasteiger partial charge in [0.15, 0.2) is 4.90 Å². The largest absolute Gasteiger partial charge is 0.395 e. The summed E-state index contributed by atoms with van der Waals surface area (Å²) in [5.74, 6) is 0. The molecule has 0 unspecified atom stereocenters. The van der Waals surface area contributed by atoms with Crippen molar-refractivity contribution in [2.75, 3.05) is 6.61 Å². The quantitative estimate of drug-likeness (QED) is 0.584. The molecular weight excluding hydrogens is 260 g/mol. The molecule has 0 saturated heterocycles. The summed E-state index contributed by atoms with van der Waals surface area (Å²) in [6.45, 7) is 1.33. The fourth-order valence-electron chi connectivity index (χ4n) is 1.37. The van der Waals surface area contributed by atoms with E-state index in [1.807, 2.05) is 0 Å². The van der Waals surface area contributed by atoms with E-state index in [9.17, 15) is 18.5 Å². The average Bonchev–Trinajstić information content (AvgIpc) is 2.36. The molecule has 18 heavy (non-hydrogen) atoms. The Morgan fingerprint density at radius 3 is 2.56 bits per heavy atom. The Kier molecular flexibility index (Phi) is 4.76. The molecule has 0 aromatic heterocycles. The van der Waals surface area contributed by atoms with Crippen LogP contribution in [0.3, 0.4) is 0 Å². The number of hydrogen-bond acceptors (Lipinski definition) is 5. The number of nitro groups is 1. The van der Waals surface area contributed by atoms with E-state index >= 15 is 0 Å². The summed E-state index contributed by atoms with van der Waals surface area (Å²) >= 11 is 0. The summed E-state index contributed by atoms with van der Waals surface area (Å²) in [4.78, 5) is 9.60. The van der Waals surface area contributed by atoms with E-state index in [-0.39, 0.29) is 6.61 Å². The Morgan fingerprint density at radius 2 is 2.06 bits per heavy atom. The molecule has 0 heterocycles. The monoisotopic (exact) mass is 274 g/mol. The van der Waals surface area contributed by atoms with Gasteiger partial charge in [0.25, 0.3) is 5.69 Å². The van der Waals surface area contributed by atoms with E-state index < -0.39 is 31.6 Å². The van der Waals surface area contributed by atoms with Crippen LogP contribution >= 0.6 is 0 Å². The molecule has 100 valence electrons. The third kappa shape index (κ3) is 3.25. The average molecular weight is 274 g/mol. The first kappa shape index (κ1) is 14.6. The first-order valence-electron chi connectivity index (χ1n) is 5.29. The van der Waals surface area contributed by atoms with Gasteiger partial charge < -0.3 is 5.11 Å². The van der Waals surface area contributed by atoms with E-state index in [0.29, 0.717) is 6.42 Å². The topological polar surface area (TPSA) is 110 Å². The molecule has 0 aliphatic carbocycles. The fraction of sp³-hybridized carbons (Fsp3) is 0.400. The Morgan fingerprint density at radius 1 is 1.44 bits per heavy atom. The molecule has 1 rings (SSSR count). The van der Waals surface area contributed by atoms with Gasteiger partial charge in [-0.1, -0.05) is 19.1 Å². The van der Waals surface area contributed by atoms with Gasteiger partial charge in [0.2, 0.25) is 10.0 Å². The number of aliphatic hydroxyl groups excluding tert-OH is 1. The van der Waals surface area contributed by atoms with Crippen LogP contribution in [0, 0.1) is 10.1 Å². The van der Waals surface area contributed by atoms with Gasteiger partial charge in [-0.15, -0.1) is 0 Å². The Hall–Kier alpha value is -1.51. The molecule has 0 bridgehead atoms. The molecule has 0 saturated carbocycles. The van der Waals surface area contributed by atoms with E-state index in [1.54, 1.807) is 6.92 Å². The molecule has 2 N–H and O–H groups in total. The zero-order valence-electron chi connectivity index (χ0n) is 9.74. The number of nitro benzene ring substituents is 1. The summed E-state index contributed by atoms with van der Waals surface area (Å²) < 4.78 is 26.1. The van der Waals surface area contributed by atoms with Crippen molar-refractivity contribution in [3.05, 3.63) is 34.4 Å². The molecule has 0 radical (unpaired) electrons. The van der Waals surface area contributed by atoms with E-state index in [1.165, 1.54) is 12.1 Å². The number of para-hydroxylation sites is 1. The second kappa shape index (κ2) is 5.89. The van der Waals surface area contributed by atoms with Crippen molar-refractivity contribution in [3.63, 3.8) is 0 Å². The number of aliphatic hydroxyl groups is 1. The number of nitrogens with zero attached hydrogens (tertiary/aromatic N) is 1. The lowest BCUT2D eigenvalue weighted by atomic mass is 10.3. The van der Waals surface area contributed by atoms with Crippen molar-refractivity contribution in [1.82, 2.24) is 4.72 Å². The van der Waals surface area contributed by atoms with Gasteiger partial charge in [-0.25, -0.2) is 13.1 Å². The zero-order chi connectivity index (χ0) is 13.8. The third-order valence-electron chi connectivity index (χ3n) is 2.39. The van der Waals surface area contributed by atoms with Gasteiger partial charge in [-0.2, -0.15) is 0 Å². The molecule has 8 heteroatoms. The van der Waals surface area contributed by atoms with Gasteiger partial charge in [0.05, 0.1) is 11.5 Å². The molecule has 1 aromatic carbocycles. The van der Waals surface area contributed by atoms with Crippen LogP contribution in [0.2, 0.25) is 0 Å². The molecule has 0 aliphatic heterocycles. The minimum absolute atomic E-state index is 0.365. The predicted octanol–water partition coefficient (Wildman–Crippen LogP) is 0.644. The first-order chi connectivity index (χ1) is 8.42. The number of benzene rings is 1. The molecule has 0 aliphatic rings. The van der Waals surface area contributed by atoms with Gasteiger partial charge in [-0.3, -0.25) is 10.1 Å². The lowest BCUT2D eigenvalue weighted by molar-refractivity contribution is -0.387. The highest BCUT2D eigenvalue weighted by Crippen LogP contribution is 2.22. The maximum Gasteiger partial charge on any atom is 0.289 e. The highest BCUT2D eigenvalue weighted by Gasteiger charge is 2.26. The second-order valence-corrected chi connectivity index (χ2v) is 5.32. The van der Waals surface area contributed by atoms with Crippen molar-refractivity contribution in [2.24, 2.45) is 0 Å². The van der Waals surface area contributed by atoms with Crippen LogP contribution in [-0.2, 0) is 10.0 Å². The molecule has 7 nitrogen and oxygen atoms in total. The standard InChI is InChI=1S/C10H14N2O5S/c1-2-8(7-13)11-18(16,17)10-6-4-3-5-9(10)12(14)15/h3-6,8,11,13H,2,7H2,1H3/t8-/m1/s1. The van der Waals surface area contributed by atoms with Crippen LogP contribution in [0.1, 0.15) is 13.3 Å². The van der Waals surface area contributed by atoms with Crippen LogP contribution < -0.4 is 4.72 Å². The van der Waals surface area contributed by atoms with Crippen LogP contribution in [0.4, 0.5) is 5.69 Å². The van der Waals surface area contributed by atoms with Crippen molar-refractivity contribution in [2.45, 2.75) is 24.3 Å². The third-order valence-corrected chi connectivity index (χ3v) is 3.95. The van der Waals surface area contributed by atoms with Gasteiger partial charge in [-0.05, 0) is 12.5 Å². The highest BCUT2D eigenvalue weighted by atomic mass is 32.2. The highest BCUT2D eigenvalue weighted by molar-refractivity contribution is 7.89. The molecule has 1 atom stereocenters. The predicted molar refractivity (Wildman–Crippen MR) is 64.6 cm³/mol. The Balaban J connectivity index is 3.16. The van der Waals surface area contributed by atoms with Crippen LogP contribution in [0.15, 0.2) is 29.2 Å². The van der Waals surface area contributed by atoms with Crippen molar-refractivity contribution in [3.8, 4) is 0 Å². The number of hydrogen-bond donors (Lipinski definition) is 2. The molecule has 1 aromatic rings. The molecule has 0 spiro atoms. The SMILES string of the molecule is CC[C@H](CO)NS(=O)(=O)c1ccccc1[N+](=O)[O-]. The number of rotatable bonds is 6. The van der Waals surface area contributed by atoms with Crippen molar-refractivity contribution < 1.29 is 18.4 Å². The van der Waals surface area contributed by atoms with Crippen molar-refractivity contribution in [1.29, 1.82) is 0 Å². The summed E-state index contributed by atoms with van der Waals surface area (Å²) in [5.41, 5.74) is -0.488. The van der Waals surface area contributed by atoms with Gasteiger partial charge in [0.1, 0.15) is 0 Å². The first-order valence-corrected chi connectivity index (χ1v) is 6.77. The Labute approximate surface area is 105 Å². The minimum Gasteiger partial charge on any atom is -0.395 e. The molecular formula is C10H14N2O5S. The van der Waals surface area contributed by atoms with E-state index in [4.69, 9.17) is 5.11 Å². The van der Waals surface area contributed by atoms with E-state index in [0.717, 1.165) is 12.1 Å². The molecule has 0 fully saturated rings. The lowest BCUT2D eigenvalue weighted by Gasteiger charge is -2.14. The summed E-state index contributed by atoms with van der Waals surface area (Å²) in [5, 5.41) is 19.7. The second-order valence-electron chi connectivity index (χ2n) is 3.63. The number of sulfonamides is 1. The Bertz CT molecular complexity index is 525. The van der Waals surface area contributed by atoms with Crippen LogP contribution in [0.5, 0.6) is 0 Å². The fourth-order valence-corrected chi connectivity index (χ4v) is 2.85. The van der Waals surface area contributed by atoms with Crippen LogP contribution in [-0.4, -0.2) is 31.1 Å². The normalized spacial score (nSPS) is 13.2. The zero-order valence-corrected chi connectivity index (χ0v) is 10.6. The molecule has 0 amide bonds. The lowest BCUT2D eigenvalue weighted by Crippen LogP contribution is -2.37. The van der Waals surface area contributed by atoms with Crippen molar-refractivity contribution >= 4 is 15.7 Å². The smallest absolute Gasteiger partial charge is 0.289 e. The van der Waals surface area contributed by atoms with Gasteiger partial charge >= 0.3 is 0 Å². The van der Waals surface area contributed by atoms with Gasteiger partial charge in [0, 0.05) is 12.1 Å².